The highest BCUT2D eigenvalue weighted by Gasteiger charge is 2.50. The molecule has 2 aromatic carbocycles. The fourth-order valence-electron chi connectivity index (χ4n) is 5.88. The Morgan fingerprint density at radius 3 is 2.38 bits per heavy atom. The molecule has 0 bridgehead atoms. The normalized spacial score (nSPS) is 26.2. The van der Waals surface area contributed by atoms with E-state index in [9.17, 15) is 13.5 Å². The molecule has 0 spiro atoms. The van der Waals surface area contributed by atoms with Crippen molar-refractivity contribution in [3.05, 3.63) is 65.7 Å². The lowest BCUT2D eigenvalue weighted by Crippen LogP contribution is -2.67. The largest absolute Gasteiger partial charge is 0.497 e. The van der Waals surface area contributed by atoms with Gasteiger partial charge in [-0.2, -0.15) is 4.31 Å². The van der Waals surface area contributed by atoms with Crippen molar-refractivity contribution in [3.63, 3.8) is 0 Å². The second-order valence-corrected chi connectivity index (χ2v) is 11.5. The van der Waals surface area contributed by atoms with Crippen LogP contribution in [0.5, 0.6) is 5.75 Å². The molecule has 3 atom stereocenters. The monoisotopic (exact) mass is 482 g/mol. The van der Waals surface area contributed by atoms with Crippen LogP contribution < -0.4 is 4.74 Å². The number of aliphatic hydroxyl groups is 1. The highest BCUT2D eigenvalue weighted by molar-refractivity contribution is 7.89. The predicted octanol–water partition coefficient (Wildman–Crippen LogP) is 3.88. The number of nitrogens with zero attached hydrogens (tertiary/aromatic N) is 2. The van der Waals surface area contributed by atoms with Gasteiger partial charge in [0.05, 0.1) is 18.6 Å². The summed E-state index contributed by atoms with van der Waals surface area (Å²) in [5.41, 5.74) is 3.88. The van der Waals surface area contributed by atoms with Crippen molar-refractivity contribution in [3.8, 4) is 5.75 Å². The van der Waals surface area contributed by atoms with Crippen LogP contribution in [0.3, 0.4) is 0 Å². The second kappa shape index (κ2) is 9.82. The highest BCUT2D eigenvalue weighted by Crippen LogP contribution is 2.43. The SMILES string of the molecule is COc1ccc(S(=O)(=O)N2CCCCN3[C@H](CO)[C@H](c4ccc(C5=CCCC5)cc4)[C@H]3C2)cc1. The number of benzene rings is 2. The smallest absolute Gasteiger partial charge is 0.243 e. The fraction of sp³-hybridized carbons (Fsp3) is 0.481. The van der Waals surface area contributed by atoms with E-state index in [1.807, 2.05) is 0 Å². The minimum atomic E-state index is -3.62. The van der Waals surface area contributed by atoms with Gasteiger partial charge in [0.2, 0.25) is 10.0 Å². The molecule has 0 aromatic heterocycles. The molecule has 0 amide bonds. The van der Waals surface area contributed by atoms with Gasteiger partial charge in [-0.25, -0.2) is 8.42 Å². The van der Waals surface area contributed by atoms with Gasteiger partial charge < -0.3 is 9.84 Å². The van der Waals surface area contributed by atoms with Gasteiger partial charge in [-0.05, 0) is 79.6 Å². The number of allylic oxidation sites excluding steroid dienone is 2. The molecule has 2 aliphatic heterocycles. The van der Waals surface area contributed by atoms with Crippen molar-refractivity contribution in [2.75, 3.05) is 33.4 Å². The summed E-state index contributed by atoms with van der Waals surface area (Å²) >= 11 is 0. The lowest BCUT2D eigenvalue weighted by Gasteiger charge is -2.57. The first-order chi connectivity index (χ1) is 16.5. The zero-order valence-corrected chi connectivity index (χ0v) is 20.6. The van der Waals surface area contributed by atoms with Crippen molar-refractivity contribution in [1.29, 1.82) is 0 Å². The van der Waals surface area contributed by atoms with Crippen LogP contribution in [-0.2, 0) is 10.0 Å². The first kappa shape index (κ1) is 23.5. The van der Waals surface area contributed by atoms with E-state index >= 15 is 0 Å². The van der Waals surface area contributed by atoms with E-state index in [2.05, 4.69) is 35.2 Å². The molecule has 3 aliphatic rings. The van der Waals surface area contributed by atoms with E-state index in [1.54, 1.807) is 35.7 Å². The Labute approximate surface area is 202 Å². The van der Waals surface area contributed by atoms with Crippen LogP contribution >= 0.6 is 0 Å². The Balaban J connectivity index is 1.40. The average Bonchev–Trinajstić information content (AvgIpc) is 3.38. The number of rotatable bonds is 6. The van der Waals surface area contributed by atoms with Crippen molar-refractivity contribution in [2.24, 2.45) is 0 Å². The summed E-state index contributed by atoms with van der Waals surface area (Å²) in [7, 11) is -2.04. The summed E-state index contributed by atoms with van der Waals surface area (Å²) in [6.07, 6.45) is 7.57. The zero-order valence-electron chi connectivity index (χ0n) is 19.8. The fourth-order valence-corrected chi connectivity index (χ4v) is 7.37. The van der Waals surface area contributed by atoms with Gasteiger partial charge in [0.15, 0.2) is 0 Å². The Kier molecular flexibility index (Phi) is 6.80. The van der Waals surface area contributed by atoms with E-state index in [1.165, 1.54) is 23.1 Å². The summed E-state index contributed by atoms with van der Waals surface area (Å²) in [5, 5.41) is 10.2. The van der Waals surface area contributed by atoms with Crippen LogP contribution in [0, 0.1) is 0 Å². The molecule has 6 nitrogen and oxygen atoms in total. The van der Waals surface area contributed by atoms with Gasteiger partial charge in [0, 0.05) is 31.1 Å². The lowest BCUT2D eigenvalue weighted by atomic mass is 9.74. The number of fused-ring (bicyclic) bond motifs is 1. The Morgan fingerprint density at radius 2 is 1.74 bits per heavy atom. The molecule has 5 rings (SSSR count). The van der Waals surface area contributed by atoms with Crippen LogP contribution in [0.4, 0.5) is 0 Å². The third kappa shape index (κ3) is 4.31. The molecule has 0 saturated carbocycles. The van der Waals surface area contributed by atoms with Crippen LogP contribution in [0.15, 0.2) is 59.5 Å². The van der Waals surface area contributed by atoms with E-state index in [0.717, 1.165) is 32.2 Å². The molecule has 1 N–H and O–H groups in total. The third-order valence-electron chi connectivity index (χ3n) is 7.74. The van der Waals surface area contributed by atoms with Crippen LogP contribution in [0.25, 0.3) is 5.57 Å². The third-order valence-corrected chi connectivity index (χ3v) is 9.62. The predicted molar refractivity (Wildman–Crippen MR) is 133 cm³/mol. The molecule has 34 heavy (non-hydrogen) atoms. The van der Waals surface area contributed by atoms with Crippen molar-refractivity contribution in [1.82, 2.24) is 9.21 Å². The molecule has 1 aliphatic carbocycles. The maximum absolute atomic E-state index is 13.5. The van der Waals surface area contributed by atoms with E-state index < -0.39 is 10.0 Å². The molecule has 0 radical (unpaired) electrons. The zero-order chi connectivity index (χ0) is 23.7. The number of hydrogen-bond acceptors (Lipinski definition) is 5. The number of methoxy groups -OCH3 is 1. The van der Waals surface area contributed by atoms with Crippen LogP contribution in [0.2, 0.25) is 0 Å². The summed E-state index contributed by atoms with van der Waals surface area (Å²) in [6, 6.07) is 15.5. The quantitative estimate of drug-likeness (QED) is 0.677. The molecule has 7 heteroatoms. The van der Waals surface area contributed by atoms with Gasteiger partial charge in [-0.15, -0.1) is 0 Å². The first-order valence-corrected chi connectivity index (χ1v) is 13.8. The summed E-state index contributed by atoms with van der Waals surface area (Å²) < 4.78 is 33.9. The Hall–Kier alpha value is -2.19. The van der Waals surface area contributed by atoms with Crippen molar-refractivity contribution >= 4 is 15.6 Å². The maximum atomic E-state index is 13.5. The molecule has 2 fully saturated rings. The van der Waals surface area contributed by atoms with Gasteiger partial charge >= 0.3 is 0 Å². The first-order valence-electron chi connectivity index (χ1n) is 12.3. The number of aliphatic hydroxyl groups excluding tert-OH is 1. The minimum Gasteiger partial charge on any atom is -0.497 e. The molecule has 182 valence electrons. The van der Waals surface area contributed by atoms with Crippen molar-refractivity contribution < 1.29 is 18.3 Å². The number of sulfonamides is 1. The summed E-state index contributed by atoms with van der Waals surface area (Å²) in [5.74, 6) is 0.753. The van der Waals surface area contributed by atoms with E-state index in [4.69, 9.17) is 4.74 Å². The lowest BCUT2D eigenvalue weighted by molar-refractivity contribution is -0.0553. The van der Waals surface area contributed by atoms with E-state index in [0.29, 0.717) is 23.7 Å². The number of ether oxygens (including phenoxy) is 1. The molecular weight excluding hydrogens is 448 g/mol. The number of hydrogen-bond donors (Lipinski definition) is 1. The van der Waals surface area contributed by atoms with Crippen LogP contribution in [0.1, 0.15) is 49.1 Å². The average molecular weight is 483 g/mol. The molecular formula is C27H34N2O4S. The minimum absolute atomic E-state index is 0.0326. The van der Waals surface area contributed by atoms with Crippen molar-refractivity contribution in [2.45, 2.75) is 55.0 Å². The Morgan fingerprint density at radius 1 is 1.00 bits per heavy atom. The molecule has 2 saturated heterocycles. The van der Waals surface area contributed by atoms with Gasteiger partial charge in [-0.3, -0.25) is 4.90 Å². The van der Waals surface area contributed by atoms with Gasteiger partial charge in [-0.1, -0.05) is 30.3 Å². The van der Waals surface area contributed by atoms with Gasteiger partial charge in [0.25, 0.3) is 0 Å². The summed E-state index contributed by atoms with van der Waals surface area (Å²) in [6.45, 7) is 1.93. The van der Waals surface area contributed by atoms with Gasteiger partial charge in [0.1, 0.15) is 5.75 Å². The second-order valence-electron chi connectivity index (χ2n) is 9.57. The maximum Gasteiger partial charge on any atom is 0.243 e. The standard InChI is InChI=1S/C27H34N2O4S/c1-33-23-12-14-24(15-13-23)34(31,32)28-16-4-5-17-29-25(18-28)27(26(29)19-30)22-10-8-21(9-11-22)20-6-2-3-7-20/h6,8-15,25-27,30H,2-5,7,16-19H2,1H3/t25-,26-,27-/m1/s1. The van der Waals surface area contributed by atoms with Crippen LogP contribution in [-0.4, -0.2) is 68.2 Å². The summed E-state index contributed by atoms with van der Waals surface area (Å²) in [4.78, 5) is 2.61. The Bertz CT molecular complexity index is 1130. The molecule has 2 aromatic rings. The highest BCUT2D eigenvalue weighted by atomic mass is 32.2. The van der Waals surface area contributed by atoms with E-state index in [-0.39, 0.29) is 24.6 Å². The topological polar surface area (TPSA) is 70.1 Å². The molecule has 2 heterocycles. The molecule has 0 unspecified atom stereocenters.